The Morgan fingerprint density at radius 3 is 2.58 bits per heavy atom. The van der Waals surface area contributed by atoms with Gasteiger partial charge in [-0.25, -0.2) is 13.2 Å². The average Bonchev–Trinajstić information content (AvgIpc) is 3.14. The van der Waals surface area contributed by atoms with Crippen LogP contribution in [-0.4, -0.2) is 70.9 Å². The van der Waals surface area contributed by atoms with Gasteiger partial charge in [0.2, 0.25) is 0 Å². The normalized spacial score (nSPS) is 21.5. The fourth-order valence-corrected chi connectivity index (χ4v) is 5.51. The van der Waals surface area contributed by atoms with Crippen molar-refractivity contribution in [1.29, 1.82) is 0 Å². The highest BCUT2D eigenvalue weighted by atomic mass is 19.1. The summed E-state index contributed by atoms with van der Waals surface area (Å²) in [5.74, 6) is -1.33. The van der Waals surface area contributed by atoms with Gasteiger partial charge in [-0.05, 0) is 39.3 Å². The molecule has 0 bridgehead atoms. The maximum absolute atomic E-state index is 15.6. The number of nitrogens with zero attached hydrogens (tertiary/aromatic N) is 3. The van der Waals surface area contributed by atoms with Crippen molar-refractivity contribution in [2.45, 2.75) is 44.9 Å². The smallest absolute Gasteiger partial charge is 0.135 e. The fourth-order valence-electron chi connectivity index (χ4n) is 5.51. The minimum absolute atomic E-state index is 0.00784. The van der Waals surface area contributed by atoms with E-state index in [2.05, 4.69) is 9.97 Å². The average molecular weight is 505 g/mol. The predicted octanol–water partition coefficient (Wildman–Crippen LogP) is 5.21. The minimum atomic E-state index is -1.57. The van der Waals surface area contributed by atoms with Gasteiger partial charge in [-0.3, -0.25) is 19.2 Å². The van der Waals surface area contributed by atoms with Crippen LogP contribution in [0.4, 0.5) is 17.6 Å². The van der Waals surface area contributed by atoms with E-state index < -0.39 is 23.3 Å². The highest BCUT2D eigenvalue weighted by molar-refractivity contribution is 5.81. The first kappa shape index (κ1) is 25.0. The van der Waals surface area contributed by atoms with Crippen LogP contribution < -0.4 is 4.74 Å². The second-order valence-electron chi connectivity index (χ2n) is 10.7. The third kappa shape index (κ3) is 4.83. The highest BCUT2D eigenvalue weighted by Gasteiger charge is 2.41. The van der Waals surface area contributed by atoms with Gasteiger partial charge in [0.05, 0.1) is 23.7 Å². The Bertz CT molecular complexity index is 1210. The lowest BCUT2D eigenvalue weighted by Gasteiger charge is -2.42. The molecule has 4 heterocycles. The second kappa shape index (κ2) is 9.67. The van der Waals surface area contributed by atoms with Gasteiger partial charge in [0, 0.05) is 73.3 Å². The number of hydrogen-bond acceptors (Lipinski definition) is 4. The zero-order chi connectivity index (χ0) is 25.6. The van der Waals surface area contributed by atoms with E-state index in [4.69, 9.17) is 4.74 Å². The molecule has 36 heavy (non-hydrogen) atoms. The number of pyridine rings is 1. The second-order valence-corrected chi connectivity index (χ2v) is 10.7. The van der Waals surface area contributed by atoms with Crippen molar-refractivity contribution < 1.29 is 22.3 Å². The first-order valence-corrected chi connectivity index (χ1v) is 12.4. The Kier molecular flexibility index (Phi) is 6.72. The monoisotopic (exact) mass is 504 g/mol. The molecule has 0 radical (unpaired) electrons. The van der Waals surface area contributed by atoms with Crippen molar-refractivity contribution in [2.75, 3.05) is 39.5 Å². The minimum Gasteiger partial charge on any atom is -0.492 e. The Balaban J connectivity index is 1.47. The van der Waals surface area contributed by atoms with E-state index in [1.54, 1.807) is 12.3 Å². The van der Waals surface area contributed by atoms with Gasteiger partial charge in [-0.2, -0.15) is 0 Å². The van der Waals surface area contributed by atoms with Gasteiger partial charge in [-0.15, -0.1) is 0 Å². The van der Waals surface area contributed by atoms with Crippen LogP contribution in [0.25, 0.3) is 11.0 Å². The summed E-state index contributed by atoms with van der Waals surface area (Å²) >= 11 is 0. The lowest BCUT2D eigenvalue weighted by molar-refractivity contribution is 0.0637. The van der Waals surface area contributed by atoms with Crippen LogP contribution in [0.5, 0.6) is 5.75 Å². The van der Waals surface area contributed by atoms with Gasteiger partial charge in [0.1, 0.15) is 29.7 Å². The van der Waals surface area contributed by atoms with Gasteiger partial charge < -0.3 is 9.72 Å². The molecule has 1 saturated heterocycles. The molecule has 0 spiro atoms. The van der Waals surface area contributed by atoms with E-state index in [0.29, 0.717) is 31.7 Å². The molecule has 0 saturated carbocycles. The Labute approximate surface area is 208 Å². The van der Waals surface area contributed by atoms with Crippen LogP contribution in [-0.2, 0) is 6.42 Å². The van der Waals surface area contributed by atoms with Gasteiger partial charge >= 0.3 is 0 Å². The zero-order valence-corrected chi connectivity index (χ0v) is 20.8. The first-order valence-electron chi connectivity index (χ1n) is 12.4. The summed E-state index contributed by atoms with van der Waals surface area (Å²) in [7, 11) is 0. The first-order chi connectivity index (χ1) is 17.1. The lowest BCUT2D eigenvalue weighted by atomic mass is 9.88. The fraction of sp³-hybridized carbons (Fsp3) is 0.519. The van der Waals surface area contributed by atoms with E-state index in [1.165, 1.54) is 26.0 Å². The van der Waals surface area contributed by atoms with Crippen LogP contribution >= 0.6 is 0 Å². The summed E-state index contributed by atoms with van der Waals surface area (Å²) in [6.07, 6.45) is 2.28. The maximum atomic E-state index is 15.6. The molecule has 1 N–H and O–H groups in total. The Morgan fingerprint density at radius 1 is 1.19 bits per heavy atom. The SMILES string of the molecule is C[C@@H]1Cc2c([nH]c3cccnc23)[C@@H](c2c(F)cc(OCCN3CC(CF)C3)cc2F)N1CC(C)(C)F. The topological polar surface area (TPSA) is 44.4 Å². The molecule has 2 aromatic heterocycles. The number of rotatable bonds is 8. The molecule has 0 amide bonds. The van der Waals surface area contributed by atoms with E-state index in [-0.39, 0.29) is 43.1 Å². The van der Waals surface area contributed by atoms with E-state index in [9.17, 15) is 8.78 Å². The summed E-state index contributed by atoms with van der Waals surface area (Å²) in [5, 5.41) is 0. The van der Waals surface area contributed by atoms with Crippen molar-refractivity contribution in [3.8, 4) is 5.75 Å². The maximum Gasteiger partial charge on any atom is 0.135 e. The zero-order valence-electron chi connectivity index (χ0n) is 20.8. The summed E-state index contributed by atoms with van der Waals surface area (Å²) in [5.41, 5.74) is 1.38. The Hall–Kier alpha value is -2.65. The van der Waals surface area contributed by atoms with Crippen LogP contribution in [0.2, 0.25) is 0 Å². The lowest BCUT2D eigenvalue weighted by Crippen LogP contribution is -2.49. The number of fused-ring (bicyclic) bond motifs is 3. The molecule has 5 nitrogen and oxygen atoms in total. The molecule has 2 aliphatic heterocycles. The molecular formula is C27H32F4N4O. The molecule has 1 aromatic carbocycles. The largest absolute Gasteiger partial charge is 0.492 e. The molecule has 194 valence electrons. The van der Waals surface area contributed by atoms with Crippen molar-refractivity contribution >= 4 is 11.0 Å². The van der Waals surface area contributed by atoms with Crippen molar-refractivity contribution in [3.05, 3.63) is 58.9 Å². The van der Waals surface area contributed by atoms with E-state index >= 15 is 8.78 Å². The molecular weight excluding hydrogens is 472 g/mol. The van der Waals surface area contributed by atoms with Crippen LogP contribution in [0, 0.1) is 17.6 Å². The number of aromatic nitrogens is 2. The molecule has 9 heteroatoms. The molecule has 2 aliphatic rings. The molecule has 3 aromatic rings. The summed E-state index contributed by atoms with van der Waals surface area (Å²) in [6, 6.07) is 5.05. The van der Waals surface area contributed by atoms with Gasteiger partial charge in [0.25, 0.3) is 0 Å². The number of benzene rings is 1. The number of ether oxygens (including phenoxy) is 1. The summed E-state index contributed by atoms with van der Waals surface area (Å²) < 4.78 is 64.3. The predicted molar refractivity (Wildman–Crippen MR) is 131 cm³/mol. The highest BCUT2D eigenvalue weighted by Crippen LogP contribution is 2.43. The molecule has 5 rings (SSSR count). The van der Waals surface area contributed by atoms with Gasteiger partial charge in [-0.1, -0.05) is 0 Å². The number of nitrogens with one attached hydrogen (secondary N) is 1. The number of halogens is 4. The van der Waals surface area contributed by atoms with Crippen molar-refractivity contribution in [1.82, 2.24) is 19.8 Å². The van der Waals surface area contributed by atoms with E-state index in [1.807, 2.05) is 22.8 Å². The standard InChI is InChI=1S/C27H32F4N4O/c1-16-9-19-24-22(5-4-6-32-24)33-25(19)26(35(16)15-27(2,3)31)23-20(29)10-18(11-21(23)30)36-8-7-34-13-17(12-28)14-34/h4-6,10-11,16-17,26,33H,7-9,12-15H2,1-3H3/t16-,26-/m1/s1. The number of alkyl halides is 2. The Morgan fingerprint density at radius 2 is 1.92 bits per heavy atom. The molecule has 2 atom stereocenters. The summed E-state index contributed by atoms with van der Waals surface area (Å²) in [6.45, 7) is 6.71. The number of hydrogen-bond donors (Lipinski definition) is 1. The third-order valence-corrected chi connectivity index (χ3v) is 7.17. The number of aromatic amines is 1. The molecule has 1 fully saturated rings. The van der Waals surface area contributed by atoms with Gasteiger partial charge in [0.15, 0.2) is 0 Å². The molecule has 0 unspecified atom stereocenters. The van der Waals surface area contributed by atoms with Crippen LogP contribution in [0.1, 0.15) is 43.6 Å². The van der Waals surface area contributed by atoms with Crippen LogP contribution in [0.3, 0.4) is 0 Å². The number of H-pyrrole nitrogens is 1. The summed E-state index contributed by atoms with van der Waals surface area (Å²) in [4.78, 5) is 11.7. The van der Waals surface area contributed by atoms with Crippen molar-refractivity contribution in [3.63, 3.8) is 0 Å². The van der Waals surface area contributed by atoms with Crippen molar-refractivity contribution in [2.24, 2.45) is 5.92 Å². The third-order valence-electron chi connectivity index (χ3n) is 7.17. The quantitative estimate of drug-likeness (QED) is 0.428. The van der Waals surface area contributed by atoms with E-state index in [0.717, 1.165) is 16.6 Å². The number of likely N-dealkylation sites (tertiary alicyclic amines) is 1. The molecule has 0 aliphatic carbocycles. The van der Waals surface area contributed by atoms with Crippen LogP contribution in [0.15, 0.2) is 30.5 Å².